The second-order valence-corrected chi connectivity index (χ2v) is 8.59. The summed E-state index contributed by atoms with van der Waals surface area (Å²) in [5.74, 6) is 0.723. The van der Waals surface area contributed by atoms with Gasteiger partial charge in [-0.15, -0.1) is 0 Å². The monoisotopic (exact) mass is 373 g/mol. The molecule has 0 unspecified atom stereocenters. The van der Waals surface area contributed by atoms with E-state index in [1.54, 1.807) is 13.2 Å². The van der Waals surface area contributed by atoms with Gasteiger partial charge in [0.2, 0.25) is 0 Å². The Kier molecular flexibility index (Phi) is 4.71. The molecule has 0 amide bonds. The van der Waals surface area contributed by atoms with Gasteiger partial charge >= 0.3 is 0 Å². The molecule has 0 radical (unpaired) electrons. The van der Waals surface area contributed by atoms with Crippen LogP contribution in [0, 0.1) is 0 Å². The number of rotatable bonds is 5. The standard InChI is InChI=1S/C22H31NO4/c1-3-4-5-11-23-12-10-21-14-16(24)8-9-22(21,26)18(23)13-15-6-7-17(27-2)20(25)19(15)21/h6-7,18,25-26H,3-5,8-14H2,1-2H3/t18-,21-,22-/m1/s1. The zero-order chi connectivity index (χ0) is 19.2. The number of carbonyl (C=O) groups is 1. The van der Waals surface area contributed by atoms with Crippen molar-refractivity contribution in [2.45, 2.75) is 75.3 Å². The smallest absolute Gasteiger partial charge is 0.161 e. The number of carbonyl (C=O) groups excluding carboxylic acids is 1. The summed E-state index contributed by atoms with van der Waals surface area (Å²) in [6.45, 7) is 4.05. The third kappa shape index (κ3) is 2.62. The van der Waals surface area contributed by atoms with Crippen LogP contribution >= 0.6 is 0 Å². The molecule has 1 aliphatic heterocycles. The average Bonchev–Trinajstić information content (AvgIpc) is 2.64. The van der Waals surface area contributed by atoms with Crippen LogP contribution in [0.4, 0.5) is 0 Å². The van der Waals surface area contributed by atoms with Gasteiger partial charge in [-0.25, -0.2) is 0 Å². The summed E-state index contributed by atoms with van der Waals surface area (Å²) in [5.41, 5.74) is 0.155. The van der Waals surface area contributed by atoms with Gasteiger partial charge in [-0.3, -0.25) is 9.69 Å². The number of methoxy groups -OCH3 is 1. The molecule has 1 aromatic carbocycles. The van der Waals surface area contributed by atoms with Crippen molar-refractivity contribution in [3.63, 3.8) is 0 Å². The number of hydrogen-bond donors (Lipinski definition) is 2. The fraction of sp³-hybridized carbons (Fsp3) is 0.682. The largest absolute Gasteiger partial charge is 0.504 e. The van der Waals surface area contributed by atoms with Gasteiger partial charge in [0.25, 0.3) is 0 Å². The predicted octanol–water partition coefficient (Wildman–Crippen LogP) is 2.94. The number of likely N-dealkylation sites (tertiary alicyclic amines) is 1. The topological polar surface area (TPSA) is 70.0 Å². The predicted molar refractivity (Wildman–Crippen MR) is 103 cm³/mol. The molecule has 3 atom stereocenters. The lowest BCUT2D eigenvalue weighted by Gasteiger charge is -2.63. The lowest BCUT2D eigenvalue weighted by Crippen LogP contribution is -2.73. The first-order chi connectivity index (χ1) is 13.0. The molecule has 148 valence electrons. The number of ether oxygens (including phenoxy) is 1. The van der Waals surface area contributed by atoms with Crippen molar-refractivity contribution in [2.75, 3.05) is 20.2 Å². The molecule has 2 bridgehead atoms. The lowest BCUT2D eigenvalue weighted by molar-refractivity contribution is -0.172. The van der Waals surface area contributed by atoms with E-state index in [-0.39, 0.29) is 17.6 Å². The first-order valence-corrected chi connectivity index (χ1v) is 10.3. The molecule has 2 N–H and O–H groups in total. The number of piperidine rings is 1. The van der Waals surface area contributed by atoms with Crippen LogP contribution in [-0.2, 0) is 16.6 Å². The van der Waals surface area contributed by atoms with Crippen molar-refractivity contribution >= 4 is 5.78 Å². The number of ketones is 1. The second kappa shape index (κ2) is 6.78. The first kappa shape index (κ1) is 18.8. The van der Waals surface area contributed by atoms with Crippen LogP contribution in [0.5, 0.6) is 11.5 Å². The third-order valence-corrected chi connectivity index (χ3v) is 7.32. The summed E-state index contributed by atoms with van der Waals surface area (Å²) in [6, 6.07) is 3.82. The molecule has 4 rings (SSSR count). The van der Waals surface area contributed by atoms with E-state index >= 15 is 0 Å². The summed E-state index contributed by atoms with van der Waals surface area (Å²) >= 11 is 0. The number of nitrogens with zero attached hydrogens (tertiary/aromatic N) is 1. The Morgan fingerprint density at radius 1 is 1.30 bits per heavy atom. The second-order valence-electron chi connectivity index (χ2n) is 8.59. The van der Waals surface area contributed by atoms with Gasteiger partial charge < -0.3 is 14.9 Å². The molecular formula is C22H31NO4. The molecule has 1 saturated carbocycles. The summed E-state index contributed by atoms with van der Waals surface area (Å²) < 4.78 is 5.34. The fourth-order valence-electron chi connectivity index (χ4n) is 5.98. The molecule has 1 heterocycles. The Morgan fingerprint density at radius 3 is 2.85 bits per heavy atom. The number of hydrogen-bond acceptors (Lipinski definition) is 5. The minimum Gasteiger partial charge on any atom is -0.504 e. The normalized spacial score (nSPS) is 32.7. The van der Waals surface area contributed by atoms with Crippen molar-refractivity contribution in [1.82, 2.24) is 4.90 Å². The molecule has 0 spiro atoms. The zero-order valence-corrected chi connectivity index (χ0v) is 16.5. The number of phenols is 1. The van der Waals surface area contributed by atoms with Gasteiger partial charge in [-0.2, -0.15) is 0 Å². The molecule has 2 aliphatic carbocycles. The Labute approximate surface area is 161 Å². The molecule has 0 aromatic heterocycles. The summed E-state index contributed by atoms with van der Waals surface area (Å²) in [4.78, 5) is 14.9. The van der Waals surface area contributed by atoms with Crippen molar-refractivity contribution in [3.8, 4) is 11.5 Å². The van der Waals surface area contributed by atoms with Crippen molar-refractivity contribution < 1.29 is 19.7 Å². The average molecular weight is 373 g/mol. The summed E-state index contributed by atoms with van der Waals surface area (Å²) in [7, 11) is 1.54. The van der Waals surface area contributed by atoms with Gasteiger partial charge in [0.05, 0.1) is 12.7 Å². The van der Waals surface area contributed by atoms with E-state index in [0.717, 1.165) is 30.6 Å². The number of phenolic OH excluding ortho intramolecular Hbond substituents is 1. The number of fused-ring (bicyclic) bond motifs is 1. The van der Waals surface area contributed by atoms with Crippen LogP contribution in [0.2, 0.25) is 0 Å². The van der Waals surface area contributed by atoms with Crippen LogP contribution < -0.4 is 4.74 Å². The summed E-state index contributed by atoms with van der Waals surface area (Å²) in [6.07, 6.45) is 6.15. The molecule has 5 nitrogen and oxygen atoms in total. The Morgan fingerprint density at radius 2 is 2.11 bits per heavy atom. The number of aliphatic hydroxyl groups is 1. The fourth-order valence-corrected chi connectivity index (χ4v) is 5.98. The molecule has 5 heteroatoms. The van der Waals surface area contributed by atoms with E-state index in [0.29, 0.717) is 37.9 Å². The Balaban J connectivity index is 1.82. The lowest BCUT2D eigenvalue weighted by atomic mass is 9.49. The number of unbranched alkanes of at least 4 members (excludes halogenated alkanes) is 2. The van der Waals surface area contributed by atoms with E-state index in [1.165, 1.54) is 12.8 Å². The van der Waals surface area contributed by atoms with Crippen LogP contribution in [0.1, 0.15) is 63.0 Å². The van der Waals surface area contributed by atoms with Gasteiger partial charge in [0.1, 0.15) is 5.78 Å². The highest BCUT2D eigenvalue weighted by Crippen LogP contribution is 2.60. The highest BCUT2D eigenvalue weighted by Gasteiger charge is 2.65. The molecule has 2 fully saturated rings. The van der Waals surface area contributed by atoms with E-state index < -0.39 is 11.0 Å². The number of aromatic hydroxyl groups is 1. The highest BCUT2D eigenvalue weighted by atomic mass is 16.5. The van der Waals surface area contributed by atoms with Crippen LogP contribution in [-0.4, -0.2) is 52.7 Å². The molecule has 3 aliphatic rings. The van der Waals surface area contributed by atoms with Crippen molar-refractivity contribution in [2.24, 2.45) is 0 Å². The maximum absolute atomic E-state index is 12.5. The minimum absolute atomic E-state index is 0.0106. The van der Waals surface area contributed by atoms with Gasteiger partial charge in [-0.1, -0.05) is 25.8 Å². The van der Waals surface area contributed by atoms with Crippen LogP contribution in [0.3, 0.4) is 0 Å². The van der Waals surface area contributed by atoms with Crippen LogP contribution in [0.25, 0.3) is 0 Å². The summed E-state index contributed by atoms with van der Waals surface area (Å²) in [5, 5.41) is 23.0. The van der Waals surface area contributed by atoms with E-state index in [1.807, 2.05) is 6.07 Å². The quantitative estimate of drug-likeness (QED) is 0.777. The van der Waals surface area contributed by atoms with Gasteiger partial charge in [0.15, 0.2) is 11.5 Å². The SMILES string of the molecule is CCCCCN1CC[C@]23CC(=O)CC[C@@]2(O)[C@H]1Cc1ccc(OC)c(O)c13. The molecule has 1 aromatic rings. The van der Waals surface area contributed by atoms with Crippen LogP contribution in [0.15, 0.2) is 12.1 Å². The minimum atomic E-state index is -0.970. The number of Topliss-reactive ketones (excluding diaryl/α,β-unsaturated/α-hetero) is 1. The zero-order valence-electron chi connectivity index (χ0n) is 16.5. The Bertz CT molecular complexity index is 748. The third-order valence-electron chi connectivity index (χ3n) is 7.32. The molecular weight excluding hydrogens is 342 g/mol. The van der Waals surface area contributed by atoms with Crippen molar-refractivity contribution in [1.29, 1.82) is 0 Å². The van der Waals surface area contributed by atoms with E-state index in [9.17, 15) is 15.0 Å². The van der Waals surface area contributed by atoms with Gasteiger partial charge in [0, 0.05) is 29.9 Å². The molecule has 27 heavy (non-hydrogen) atoms. The maximum atomic E-state index is 12.5. The number of benzene rings is 1. The van der Waals surface area contributed by atoms with Gasteiger partial charge in [-0.05, 0) is 50.4 Å². The van der Waals surface area contributed by atoms with E-state index in [2.05, 4.69) is 11.8 Å². The highest BCUT2D eigenvalue weighted by molar-refractivity contribution is 5.83. The molecule has 1 saturated heterocycles. The Hall–Kier alpha value is -1.59. The first-order valence-electron chi connectivity index (χ1n) is 10.3. The van der Waals surface area contributed by atoms with Crippen molar-refractivity contribution in [3.05, 3.63) is 23.3 Å². The van der Waals surface area contributed by atoms with E-state index in [4.69, 9.17) is 4.74 Å². The maximum Gasteiger partial charge on any atom is 0.161 e.